The van der Waals surface area contributed by atoms with Gasteiger partial charge in [0.05, 0.1) is 5.92 Å². The summed E-state index contributed by atoms with van der Waals surface area (Å²) < 4.78 is 0. The quantitative estimate of drug-likeness (QED) is 0.684. The standard InChI is InChI=1S/C13H14N2/c1-2-6-10(7-3-1)13-14-11-8-4-5-9-12(11)15-13/h1-2,4-5,8-10H,3,6-7H2,(H,14,15)/p+1. The first kappa shape index (κ1) is 8.72. The summed E-state index contributed by atoms with van der Waals surface area (Å²) in [7, 11) is 0. The van der Waals surface area contributed by atoms with Crippen molar-refractivity contribution >= 4 is 11.0 Å². The summed E-state index contributed by atoms with van der Waals surface area (Å²) in [4.78, 5) is 6.95. The number of allylic oxidation sites excluding steroid dienone is 2. The first-order valence-electron chi connectivity index (χ1n) is 5.58. The highest BCUT2D eigenvalue weighted by molar-refractivity contribution is 5.70. The Morgan fingerprint density at radius 3 is 2.93 bits per heavy atom. The first-order valence-corrected chi connectivity index (χ1v) is 5.58. The summed E-state index contributed by atoms with van der Waals surface area (Å²) in [5, 5.41) is 0. The Bertz CT molecular complexity index is 463. The summed E-state index contributed by atoms with van der Waals surface area (Å²) in [6, 6.07) is 8.37. The molecule has 76 valence electrons. The van der Waals surface area contributed by atoms with Crippen molar-refractivity contribution in [3.05, 3.63) is 42.2 Å². The molecule has 1 aromatic heterocycles. The molecule has 1 aliphatic rings. The van der Waals surface area contributed by atoms with E-state index in [0.717, 1.165) is 6.42 Å². The number of imidazole rings is 1. The number of para-hydroxylation sites is 2. The first-order chi connectivity index (χ1) is 7.43. The van der Waals surface area contributed by atoms with Crippen LogP contribution >= 0.6 is 0 Å². The molecule has 0 aliphatic heterocycles. The van der Waals surface area contributed by atoms with E-state index in [1.54, 1.807) is 0 Å². The molecule has 2 heteroatoms. The molecule has 1 heterocycles. The lowest BCUT2D eigenvalue weighted by Crippen LogP contribution is -2.13. The van der Waals surface area contributed by atoms with Crippen LogP contribution in [0.2, 0.25) is 0 Å². The van der Waals surface area contributed by atoms with Crippen LogP contribution < -0.4 is 4.98 Å². The monoisotopic (exact) mass is 199 g/mol. The molecule has 1 atom stereocenters. The van der Waals surface area contributed by atoms with E-state index in [4.69, 9.17) is 0 Å². The van der Waals surface area contributed by atoms with Crippen molar-refractivity contribution in [3.8, 4) is 0 Å². The van der Waals surface area contributed by atoms with Gasteiger partial charge in [-0.05, 0) is 31.4 Å². The average molecular weight is 199 g/mol. The second kappa shape index (κ2) is 3.54. The molecule has 0 spiro atoms. The van der Waals surface area contributed by atoms with Gasteiger partial charge < -0.3 is 0 Å². The summed E-state index contributed by atoms with van der Waals surface area (Å²) in [6.07, 6.45) is 8.17. The molecule has 0 amide bonds. The van der Waals surface area contributed by atoms with Crippen molar-refractivity contribution in [2.24, 2.45) is 0 Å². The van der Waals surface area contributed by atoms with E-state index in [9.17, 15) is 0 Å². The lowest BCUT2D eigenvalue weighted by molar-refractivity contribution is -0.361. The molecule has 15 heavy (non-hydrogen) atoms. The van der Waals surface area contributed by atoms with E-state index in [1.807, 2.05) is 0 Å². The zero-order chi connectivity index (χ0) is 10.1. The Labute approximate surface area is 89.0 Å². The number of nitrogens with one attached hydrogen (secondary N) is 2. The maximum atomic E-state index is 3.48. The molecule has 0 fully saturated rings. The molecule has 1 aromatic carbocycles. The lowest BCUT2D eigenvalue weighted by atomic mass is 9.94. The number of aromatic nitrogens is 2. The highest BCUT2D eigenvalue weighted by Crippen LogP contribution is 2.26. The Morgan fingerprint density at radius 1 is 1.20 bits per heavy atom. The van der Waals surface area contributed by atoms with Crippen LogP contribution in [-0.2, 0) is 0 Å². The maximum Gasteiger partial charge on any atom is 0.256 e. The number of aromatic amines is 2. The second-order valence-electron chi connectivity index (χ2n) is 4.19. The maximum absolute atomic E-state index is 3.48. The molecule has 3 rings (SSSR count). The topological polar surface area (TPSA) is 29.9 Å². The van der Waals surface area contributed by atoms with Gasteiger partial charge in [0.1, 0.15) is 0 Å². The summed E-state index contributed by atoms with van der Waals surface area (Å²) in [5.74, 6) is 1.92. The molecular weight excluding hydrogens is 184 g/mol. The van der Waals surface area contributed by atoms with Crippen molar-refractivity contribution in [2.45, 2.75) is 25.2 Å². The van der Waals surface area contributed by atoms with Crippen LogP contribution in [0.3, 0.4) is 0 Å². The number of H-pyrrole nitrogens is 2. The van der Waals surface area contributed by atoms with Gasteiger partial charge in [-0.3, -0.25) is 0 Å². The molecular formula is C13H15N2+. The molecule has 2 nitrogen and oxygen atoms in total. The van der Waals surface area contributed by atoms with Crippen molar-refractivity contribution in [1.29, 1.82) is 0 Å². The average Bonchev–Trinajstić information content (AvgIpc) is 2.74. The third-order valence-corrected chi connectivity index (χ3v) is 3.14. The molecule has 0 saturated heterocycles. The summed E-state index contributed by atoms with van der Waals surface area (Å²) in [6.45, 7) is 0. The molecule has 1 unspecified atom stereocenters. The summed E-state index contributed by atoms with van der Waals surface area (Å²) in [5.41, 5.74) is 2.42. The van der Waals surface area contributed by atoms with E-state index in [2.05, 4.69) is 46.4 Å². The van der Waals surface area contributed by atoms with E-state index < -0.39 is 0 Å². The Balaban J connectivity index is 2.00. The highest BCUT2D eigenvalue weighted by atomic mass is 14.9. The zero-order valence-corrected chi connectivity index (χ0v) is 8.66. The SMILES string of the molecule is C1=CCC(c2[nH]c3ccccc3[nH+]2)CC1. The Morgan fingerprint density at radius 2 is 2.13 bits per heavy atom. The zero-order valence-electron chi connectivity index (χ0n) is 8.66. The van der Waals surface area contributed by atoms with E-state index in [0.29, 0.717) is 5.92 Å². The van der Waals surface area contributed by atoms with Crippen LogP contribution in [0.4, 0.5) is 0 Å². The lowest BCUT2D eigenvalue weighted by Gasteiger charge is -2.10. The fraction of sp³-hybridized carbons (Fsp3) is 0.308. The molecule has 0 radical (unpaired) electrons. The van der Waals surface area contributed by atoms with Gasteiger partial charge in [-0.1, -0.05) is 24.3 Å². The minimum absolute atomic E-state index is 0.641. The molecule has 1 aliphatic carbocycles. The highest BCUT2D eigenvalue weighted by Gasteiger charge is 2.21. The van der Waals surface area contributed by atoms with Crippen LogP contribution in [-0.4, -0.2) is 4.98 Å². The van der Waals surface area contributed by atoms with Crippen molar-refractivity contribution in [3.63, 3.8) is 0 Å². The third kappa shape index (κ3) is 1.56. The van der Waals surface area contributed by atoms with Crippen LogP contribution in [0.1, 0.15) is 31.0 Å². The van der Waals surface area contributed by atoms with E-state index >= 15 is 0 Å². The van der Waals surface area contributed by atoms with Crippen molar-refractivity contribution in [2.75, 3.05) is 0 Å². The second-order valence-corrected chi connectivity index (χ2v) is 4.19. The van der Waals surface area contributed by atoms with Gasteiger partial charge in [-0.2, -0.15) is 0 Å². The molecule has 0 bridgehead atoms. The minimum atomic E-state index is 0.641. The number of hydrogen-bond acceptors (Lipinski definition) is 0. The van der Waals surface area contributed by atoms with Gasteiger partial charge in [0.25, 0.3) is 5.82 Å². The number of hydrogen-bond donors (Lipinski definition) is 1. The van der Waals surface area contributed by atoms with Crippen LogP contribution in [0.5, 0.6) is 0 Å². The minimum Gasteiger partial charge on any atom is -0.241 e. The summed E-state index contributed by atoms with van der Waals surface area (Å²) >= 11 is 0. The predicted octanol–water partition coefficient (Wildman–Crippen LogP) is 2.81. The number of rotatable bonds is 1. The van der Waals surface area contributed by atoms with Crippen LogP contribution in [0.25, 0.3) is 11.0 Å². The number of fused-ring (bicyclic) bond motifs is 1. The fourth-order valence-electron chi connectivity index (χ4n) is 2.28. The van der Waals surface area contributed by atoms with Gasteiger partial charge in [-0.25, -0.2) is 9.97 Å². The van der Waals surface area contributed by atoms with Gasteiger partial charge in [-0.15, -0.1) is 0 Å². The smallest absolute Gasteiger partial charge is 0.241 e. The van der Waals surface area contributed by atoms with Crippen LogP contribution in [0.15, 0.2) is 36.4 Å². The largest absolute Gasteiger partial charge is 0.256 e. The van der Waals surface area contributed by atoms with Gasteiger partial charge >= 0.3 is 0 Å². The Kier molecular flexibility index (Phi) is 2.05. The normalized spacial score (nSPS) is 20.9. The molecule has 2 aromatic rings. The van der Waals surface area contributed by atoms with E-state index in [-0.39, 0.29) is 0 Å². The third-order valence-electron chi connectivity index (χ3n) is 3.14. The molecule has 0 saturated carbocycles. The van der Waals surface area contributed by atoms with Gasteiger partial charge in [0, 0.05) is 0 Å². The Hall–Kier alpha value is -1.57. The fourth-order valence-corrected chi connectivity index (χ4v) is 2.28. The van der Waals surface area contributed by atoms with Gasteiger partial charge in [0.2, 0.25) is 0 Å². The predicted molar refractivity (Wildman–Crippen MR) is 60.6 cm³/mol. The molecule has 2 N–H and O–H groups in total. The van der Waals surface area contributed by atoms with Crippen molar-refractivity contribution in [1.82, 2.24) is 4.98 Å². The van der Waals surface area contributed by atoms with Crippen molar-refractivity contribution < 1.29 is 4.98 Å². The van der Waals surface area contributed by atoms with Crippen LogP contribution in [0, 0.1) is 0 Å². The van der Waals surface area contributed by atoms with Gasteiger partial charge in [0.15, 0.2) is 11.0 Å². The van der Waals surface area contributed by atoms with E-state index in [1.165, 1.54) is 29.7 Å². The number of benzene rings is 1.